The summed E-state index contributed by atoms with van der Waals surface area (Å²) in [6, 6.07) is 8.65. The highest BCUT2D eigenvalue weighted by molar-refractivity contribution is 8.15. The van der Waals surface area contributed by atoms with Gasteiger partial charge in [-0.25, -0.2) is 0 Å². The Bertz CT molecular complexity index is 851. The van der Waals surface area contributed by atoms with Crippen LogP contribution in [0.15, 0.2) is 46.0 Å². The summed E-state index contributed by atoms with van der Waals surface area (Å²) in [5, 5.41) is 5.41. The average Bonchev–Trinajstić information content (AvgIpc) is 3.30. The fraction of sp³-hybridized carbons (Fsp3) is 0.278. The third-order valence-corrected chi connectivity index (χ3v) is 4.89. The van der Waals surface area contributed by atoms with E-state index in [2.05, 4.69) is 15.6 Å². The van der Waals surface area contributed by atoms with Crippen LogP contribution in [0.1, 0.15) is 12.2 Å². The molecule has 1 saturated heterocycles. The van der Waals surface area contributed by atoms with Crippen LogP contribution in [0.4, 0.5) is 5.69 Å². The second-order valence-corrected chi connectivity index (χ2v) is 6.81. The van der Waals surface area contributed by atoms with Gasteiger partial charge in [0, 0.05) is 18.2 Å². The van der Waals surface area contributed by atoms with Crippen LogP contribution >= 0.6 is 11.8 Å². The molecule has 142 valence electrons. The highest BCUT2D eigenvalue weighted by Gasteiger charge is 2.32. The third-order valence-electron chi connectivity index (χ3n) is 3.77. The minimum atomic E-state index is -0.527. The van der Waals surface area contributed by atoms with Crippen molar-refractivity contribution in [2.75, 3.05) is 19.5 Å². The summed E-state index contributed by atoms with van der Waals surface area (Å²) in [6.45, 7) is 0.334. The number of carbonyl (C=O) groups excluding carboxylic acids is 2. The molecule has 1 atom stereocenters. The molecule has 1 fully saturated rings. The highest BCUT2D eigenvalue weighted by atomic mass is 32.2. The molecule has 9 heteroatoms. The first-order valence-electron chi connectivity index (χ1n) is 8.15. The molecule has 0 radical (unpaired) electrons. The van der Waals surface area contributed by atoms with E-state index in [4.69, 9.17) is 13.9 Å². The van der Waals surface area contributed by atoms with E-state index in [0.29, 0.717) is 34.7 Å². The Morgan fingerprint density at radius 3 is 2.81 bits per heavy atom. The first-order chi connectivity index (χ1) is 13.1. The van der Waals surface area contributed by atoms with Gasteiger partial charge in [0.1, 0.15) is 11.0 Å². The van der Waals surface area contributed by atoms with Crippen molar-refractivity contribution in [1.82, 2.24) is 5.32 Å². The van der Waals surface area contributed by atoms with Crippen LogP contribution in [0.25, 0.3) is 0 Å². The van der Waals surface area contributed by atoms with Gasteiger partial charge in [0.15, 0.2) is 16.7 Å². The van der Waals surface area contributed by atoms with E-state index >= 15 is 0 Å². The van der Waals surface area contributed by atoms with Crippen LogP contribution in [0.3, 0.4) is 0 Å². The Kier molecular flexibility index (Phi) is 6.02. The number of nitrogens with zero attached hydrogens (tertiary/aromatic N) is 1. The number of furan rings is 1. The Balaban J connectivity index is 1.56. The van der Waals surface area contributed by atoms with E-state index in [1.807, 2.05) is 0 Å². The van der Waals surface area contributed by atoms with E-state index in [-0.39, 0.29) is 18.2 Å². The van der Waals surface area contributed by atoms with Crippen molar-refractivity contribution < 1.29 is 23.5 Å². The Morgan fingerprint density at radius 1 is 1.30 bits per heavy atom. The van der Waals surface area contributed by atoms with Crippen LogP contribution in [0.5, 0.6) is 11.5 Å². The van der Waals surface area contributed by atoms with E-state index in [1.54, 1.807) is 36.6 Å². The summed E-state index contributed by atoms with van der Waals surface area (Å²) in [7, 11) is 3.06. The second kappa shape index (κ2) is 8.63. The first-order valence-corrected chi connectivity index (χ1v) is 9.03. The van der Waals surface area contributed by atoms with Crippen LogP contribution in [0, 0.1) is 0 Å². The number of nitrogens with one attached hydrogen (secondary N) is 2. The van der Waals surface area contributed by atoms with Gasteiger partial charge in [-0.3, -0.25) is 14.6 Å². The van der Waals surface area contributed by atoms with Gasteiger partial charge < -0.3 is 24.5 Å². The molecule has 2 amide bonds. The predicted molar refractivity (Wildman–Crippen MR) is 102 cm³/mol. The van der Waals surface area contributed by atoms with Crippen molar-refractivity contribution in [3.05, 3.63) is 42.4 Å². The van der Waals surface area contributed by atoms with Crippen molar-refractivity contribution in [3.8, 4) is 11.5 Å². The molecular weight excluding hydrogens is 370 g/mol. The SMILES string of the molecule is COc1ccc(NC(=O)CC2SC(=NCc3ccco3)NC2=O)cc1OC. The second-order valence-electron chi connectivity index (χ2n) is 5.62. The summed E-state index contributed by atoms with van der Waals surface area (Å²) in [6.07, 6.45) is 1.60. The maximum atomic E-state index is 12.3. The highest BCUT2D eigenvalue weighted by Crippen LogP contribution is 2.30. The molecule has 0 spiro atoms. The lowest BCUT2D eigenvalue weighted by molar-refractivity contribution is -0.122. The minimum Gasteiger partial charge on any atom is -0.493 e. The number of hydrogen-bond acceptors (Lipinski definition) is 7. The minimum absolute atomic E-state index is 0.0324. The van der Waals surface area contributed by atoms with Crippen molar-refractivity contribution in [2.45, 2.75) is 18.2 Å². The molecule has 2 N–H and O–H groups in total. The number of amidine groups is 1. The molecule has 2 aromatic rings. The average molecular weight is 389 g/mol. The lowest BCUT2D eigenvalue weighted by Gasteiger charge is -2.11. The van der Waals surface area contributed by atoms with Crippen molar-refractivity contribution in [3.63, 3.8) is 0 Å². The quantitative estimate of drug-likeness (QED) is 0.754. The number of carbonyl (C=O) groups is 2. The zero-order valence-corrected chi connectivity index (χ0v) is 15.7. The zero-order valence-electron chi connectivity index (χ0n) is 14.9. The lowest BCUT2D eigenvalue weighted by Crippen LogP contribution is -2.28. The first kappa shape index (κ1) is 18.8. The molecule has 8 nitrogen and oxygen atoms in total. The van der Waals surface area contributed by atoms with E-state index in [0.717, 1.165) is 0 Å². The maximum Gasteiger partial charge on any atom is 0.240 e. The molecule has 2 heterocycles. The topological polar surface area (TPSA) is 102 Å². The van der Waals surface area contributed by atoms with Crippen molar-refractivity contribution in [1.29, 1.82) is 0 Å². The molecule has 1 aliphatic heterocycles. The number of amides is 2. The smallest absolute Gasteiger partial charge is 0.240 e. The summed E-state index contributed by atoms with van der Waals surface area (Å²) >= 11 is 1.24. The van der Waals surface area contributed by atoms with Crippen molar-refractivity contribution >= 4 is 34.4 Å². The van der Waals surface area contributed by atoms with Crippen LogP contribution < -0.4 is 20.1 Å². The van der Waals surface area contributed by atoms with Gasteiger partial charge in [-0.1, -0.05) is 11.8 Å². The molecular formula is C18H19N3O5S. The van der Waals surface area contributed by atoms with Crippen LogP contribution in [0.2, 0.25) is 0 Å². The van der Waals surface area contributed by atoms with E-state index in [9.17, 15) is 9.59 Å². The van der Waals surface area contributed by atoms with Gasteiger partial charge in [-0.15, -0.1) is 0 Å². The number of rotatable bonds is 7. The number of hydrogen-bond donors (Lipinski definition) is 2. The predicted octanol–water partition coefficient (Wildman–Crippen LogP) is 2.41. The summed E-state index contributed by atoms with van der Waals surface area (Å²) < 4.78 is 15.6. The number of aliphatic imine (C=N–C) groups is 1. The fourth-order valence-corrected chi connectivity index (χ4v) is 3.43. The van der Waals surface area contributed by atoms with Gasteiger partial charge in [0.25, 0.3) is 0 Å². The number of benzene rings is 1. The monoisotopic (exact) mass is 389 g/mol. The Hall–Kier alpha value is -2.94. The molecule has 1 aliphatic rings. The normalized spacial score (nSPS) is 17.6. The molecule has 27 heavy (non-hydrogen) atoms. The molecule has 1 aromatic heterocycles. The lowest BCUT2D eigenvalue weighted by atomic mass is 10.2. The molecule has 0 saturated carbocycles. The van der Waals surface area contributed by atoms with Crippen molar-refractivity contribution in [2.24, 2.45) is 4.99 Å². The van der Waals surface area contributed by atoms with Crippen LogP contribution in [-0.2, 0) is 16.1 Å². The van der Waals surface area contributed by atoms with E-state index < -0.39 is 5.25 Å². The van der Waals surface area contributed by atoms with Gasteiger partial charge in [-0.2, -0.15) is 0 Å². The fourth-order valence-electron chi connectivity index (χ4n) is 2.46. The number of anilines is 1. The van der Waals surface area contributed by atoms with E-state index in [1.165, 1.54) is 26.0 Å². The van der Waals surface area contributed by atoms with Gasteiger partial charge in [0.05, 0.1) is 27.0 Å². The molecule has 0 aliphatic carbocycles. The summed E-state index contributed by atoms with van der Waals surface area (Å²) in [5.74, 6) is 1.27. The number of ether oxygens (including phenoxy) is 2. The summed E-state index contributed by atoms with van der Waals surface area (Å²) in [5.41, 5.74) is 0.563. The van der Waals surface area contributed by atoms with Gasteiger partial charge in [-0.05, 0) is 24.3 Å². The molecule has 3 rings (SSSR count). The summed E-state index contributed by atoms with van der Waals surface area (Å²) in [4.78, 5) is 28.6. The standard InChI is InChI=1S/C18H19N3O5S/c1-24-13-6-5-11(8-14(13)25-2)20-16(22)9-15-17(23)21-18(27-15)19-10-12-4-3-7-26-12/h3-8,15H,9-10H2,1-2H3,(H,20,22)(H,19,21,23). The van der Waals surface area contributed by atoms with Gasteiger partial charge in [0.2, 0.25) is 11.8 Å². The Labute approximate surface area is 160 Å². The maximum absolute atomic E-state index is 12.3. The number of methoxy groups -OCH3 is 2. The molecule has 1 unspecified atom stereocenters. The Morgan fingerprint density at radius 2 is 2.11 bits per heavy atom. The zero-order chi connectivity index (χ0) is 19.2. The molecule has 1 aromatic carbocycles. The van der Waals surface area contributed by atoms with Crippen LogP contribution in [-0.4, -0.2) is 36.5 Å². The largest absolute Gasteiger partial charge is 0.493 e. The number of thioether (sulfide) groups is 1. The molecule has 0 bridgehead atoms. The van der Waals surface area contributed by atoms with Gasteiger partial charge >= 0.3 is 0 Å². The third kappa shape index (κ3) is 4.82.